The maximum atomic E-state index is 12.4. The van der Waals surface area contributed by atoms with Crippen molar-refractivity contribution in [3.63, 3.8) is 0 Å². The minimum Gasteiger partial charge on any atom is -0.334 e. The summed E-state index contributed by atoms with van der Waals surface area (Å²) in [6, 6.07) is 7.19. The monoisotopic (exact) mass is 325 g/mol. The lowest BCUT2D eigenvalue weighted by atomic mass is 10.1. The third kappa shape index (κ3) is 4.21. The van der Waals surface area contributed by atoms with Crippen LogP contribution in [0.2, 0.25) is 0 Å². The highest BCUT2D eigenvalue weighted by atomic mass is 35.5. The number of anilines is 1. The summed E-state index contributed by atoms with van der Waals surface area (Å²) in [4.78, 5) is 25.9. The van der Waals surface area contributed by atoms with Crippen LogP contribution >= 0.6 is 12.4 Å². The van der Waals surface area contributed by atoms with E-state index >= 15 is 0 Å². The zero-order valence-electron chi connectivity index (χ0n) is 13.0. The normalized spacial score (nSPS) is 17.3. The van der Waals surface area contributed by atoms with Crippen molar-refractivity contribution in [1.29, 1.82) is 0 Å². The summed E-state index contributed by atoms with van der Waals surface area (Å²) in [5.41, 5.74) is 7.05. The Morgan fingerprint density at radius 1 is 1.32 bits per heavy atom. The predicted octanol–water partition coefficient (Wildman–Crippen LogP) is 2.27. The molecule has 1 aliphatic heterocycles. The summed E-state index contributed by atoms with van der Waals surface area (Å²) in [6.45, 7) is 4.96. The van der Waals surface area contributed by atoms with Crippen molar-refractivity contribution in [1.82, 2.24) is 4.90 Å². The van der Waals surface area contributed by atoms with Gasteiger partial charge in [-0.2, -0.15) is 0 Å². The molecule has 0 spiro atoms. The van der Waals surface area contributed by atoms with E-state index in [0.717, 1.165) is 19.4 Å². The van der Waals surface area contributed by atoms with E-state index in [0.29, 0.717) is 17.8 Å². The Morgan fingerprint density at radius 2 is 1.95 bits per heavy atom. The van der Waals surface area contributed by atoms with Gasteiger partial charge in [0.25, 0.3) is 5.91 Å². The van der Waals surface area contributed by atoms with E-state index in [4.69, 9.17) is 5.73 Å². The number of rotatable bonds is 4. The quantitative estimate of drug-likeness (QED) is 0.891. The van der Waals surface area contributed by atoms with Gasteiger partial charge in [-0.1, -0.05) is 13.8 Å². The van der Waals surface area contributed by atoms with Gasteiger partial charge >= 0.3 is 0 Å². The number of benzene rings is 1. The van der Waals surface area contributed by atoms with Gasteiger partial charge in [0.2, 0.25) is 5.91 Å². The lowest BCUT2D eigenvalue weighted by Crippen LogP contribution is -2.39. The van der Waals surface area contributed by atoms with Crippen LogP contribution in [0.25, 0.3) is 0 Å². The van der Waals surface area contributed by atoms with Crippen LogP contribution in [-0.4, -0.2) is 35.8 Å². The summed E-state index contributed by atoms with van der Waals surface area (Å²) in [5, 5.41) is 2.81. The van der Waals surface area contributed by atoms with Gasteiger partial charge in [0.05, 0.1) is 0 Å². The Hall–Kier alpha value is -1.59. The molecule has 0 bridgehead atoms. The van der Waals surface area contributed by atoms with Gasteiger partial charge in [0.15, 0.2) is 0 Å². The van der Waals surface area contributed by atoms with Gasteiger partial charge in [-0.05, 0) is 37.1 Å². The highest BCUT2D eigenvalue weighted by Gasteiger charge is 2.28. The number of halogens is 1. The van der Waals surface area contributed by atoms with Crippen molar-refractivity contribution in [3.05, 3.63) is 29.8 Å². The fraction of sp³-hybridized carbons (Fsp3) is 0.500. The van der Waals surface area contributed by atoms with E-state index in [9.17, 15) is 9.59 Å². The molecule has 5 nitrogen and oxygen atoms in total. The van der Waals surface area contributed by atoms with Crippen LogP contribution in [0.4, 0.5) is 5.69 Å². The second-order valence-electron chi connectivity index (χ2n) is 5.75. The smallest absolute Gasteiger partial charge is 0.254 e. The van der Waals surface area contributed by atoms with Crippen molar-refractivity contribution in [3.8, 4) is 0 Å². The molecule has 0 aromatic heterocycles. The first-order valence-electron chi connectivity index (χ1n) is 7.45. The van der Waals surface area contributed by atoms with E-state index in [1.54, 1.807) is 24.3 Å². The Bertz CT molecular complexity index is 517. The molecule has 6 heteroatoms. The zero-order chi connectivity index (χ0) is 15.4. The molecule has 2 amide bonds. The van der Waals surface area contributed by atoms with Crippen LogP contribution in [0.15, 0.2) is 24.3 Å². The topological polar surface area (TPSA) is 75.4 Å². The van der Waals surface area contributed by atoms with Gasteiger partial charge < -0.3 is 16.0 Å². The predicted molar refractivity (Wildman–Crippen MR) is 90.3 cm³/mol. The van der Waals surface area contributed by atoms with Gasteiger partial charge in [-0.15, -0.1) is 12.4 Å². The van der Waals surface area contributed by atoms with E-state index in [2.05, 4.69) is 5.32 Å². The SMILES string of the molecule is CC(C)C(=O)Nc1ccc(C(=O)N2CCCC2CN)cc1.Cl. The van der Waals surface area contributed by atoms with E-state index in [-0.39, 0.29) is 36.2 Å². The first-order valence-corrected chi connectivity index (χ1v) is 7.45. The maximum absolute atomic E-state index is 12.4. The minimum absolute atomic E-state index is 0. The Morgan fingerprint density at radius 3 is 2.50 bits per heavy atom. The first kappa shape index (κ1) is 18.5. The summed E-state index contributed by atoms with van der Waals surface area (Å²) in [7, 11) is 0. The highest BCUT2D eigenvalue weighted by Crippen LogP contribution is 2.20. The van der Waals surface area contributed by atoms with Crippen LogP contribution in [0, 0.1) is 5.92 Å². The highest BCUT2D eigenvalue weighted by molar-refractivity contribution is 5.96. The summed E-state index contributed by atoms with van der Waals surface area (Å²) >= 11 is 0. The van der Waals surface area contributed by atoms with Crippen molar-refractivity contribution < 1.29 is 9.59 Å². The minimum atomic E-state index is -0.0683. The number of carbonyl (C=O) groups excluding carboxylic acids is 2. The number of likely N-dealkylation sites (tertiary alicyclic amines) is 1. The van der Waals surface area contributed by atoms with Gasteiger partial charge in [0, 0.05) is 36.3 Å². The maximum Gasteiger partial charge on any atom is 0.254 e. The molecule has 1 aliphatic rings. The molecule has 1 heterocycles. The fourth-order valence-electron chi connectivity index (χ4n) is 2.50. The number of carbonyl (C=O) groups is 2. The fourth-order valence-corrected chi connectivity index (χ4v) is 2.50. The number of hydrogen-bond donors (Lipinski definition) is 2. The molecule has 1 aromatic carbocycles. The molecule has 3 N–H and O–H groups in total. The molecular formula is C16H24ClN3O2. The molecule has 1 atom stereocenters. The van der Waals surface area contributed by atoms with Gasteiger partial charge in [-0.3, -0.25) is 9.59 Å². The standard InChI is InChI=1S/C16H23N3O2.ClH/c1-11(2)15(20)18-13-7-5-12(6-8-13)16(21)19-9-3-4-14(19)10-17;/h5-8,11,14H,3-4,9-10,17H2,1-2H3,(H,18,20);1H. The summed E-state index contributed by atoms with van der Waals surface area (Å²) in [6.07, 6.45) is 1.99. The van der Waals surface area contributed by atoms with E-state index in [1.165, 1.54) is 0 Å². The number of nitrogens with zero attached hydrogens (tertiary/aromatic N) is 1. The average Bonchev–Trinajstić information content (AvgIpc) is 2.95. The molecule has 2 rings (SSSR count). The van der Waals surface area contributed by atoms with Crippen LogP contribution in [0.1, 0.15) is 37.0 Å². The Kier molecular flexibility index (Phi) is 6.84. The van der Waals surface area contributed by atoms with Crippen LogP contribution in [0.3, 0.4) is 0 Å². The van der Waals surface area contributed by atoms with Gasteiger partial charge in [0.1, 0.15) is 0 Å². The van der Waals surface area contributed by atoms with E-state index in [1.807, 2.05) is 18.7 Å². The van der Waals surface area contributed by atoms with Crippen LogP contribution in [0.5, 0.6) is 0 Å². The van der Waals surface area contributed by atoms with Crippen molar-refractivity contribution in [2.24, 2.45) is 11.7 Å². The average molecular weight is 326 g/mol. The van der Waals surface area contributed by atoms with Crippen LogP contribution in [-0.2, 0) is 4.79 Å². The first-order chi connectivity index (χ1) is 10.0. The second kappa shape index (κ2) is 8.15. The molecule has 1 unspecified atom stereocenters. The molecule has 1 fully saturated rings. The number of amides is 2. The van der Waals surface area contributed by atoms with Crippen molar-refractivity contribution in [2.75, 3.05) is 18.4 Å². The molecule has 0 saturated carbocycles. The summed E-state index contributed by atoms with van der Waals surface area (Å²) < 4.78 is 0. The summed E-state index contributed by atoms with van der Waals surface area (Å²) in [5.74, 6) is -0.0808. The molecule has 0 aliphatic carbocycles. The molecular weight excluding hydrogens is 302 g/mol. The number of nitrogens with two attached hydrogens (primary N) is 1. The molecule has 1 saturated heterocycles. The Balaban J connectivity index is 0.00000242. The molecule has 122 valence electrons. The zero-order valence-corrected chi connectivity index (χ0v) is 13.9. The molecule has 22 heavy (non-hydrogen) atoms. The second-order valence-corrected chi connectivity index (χ2v) is 5.75. The lowest BCUT2D eigenvalue weighted by Gasteiger charge is -2.23. The lowest BCUT2D eigenvalue weighted by molar-refractivity contribution is -0.118. The van der Waals surface area contributed by atoms with Gasteiger partial charge in [-0.25, -0.2) is 0 Å². The molecule has 0 radical (unpaired) electrons. The Labute approximate surface area is 137 Å². The molecule has 1 aromatic rings. The number of hydrogen-bond acceptors (Lipinski definition) is 3. The largest absolute Gasteiger partial charge is 0.334 e. The van der Waals surface area contributed by atoms with Crippen molar-refractivity contribution in [2.45, 2.75) is 32.7 Å². The van der Waals surface area contributed by atoms with Crippen molar-refractivity contribution >= 4 is 29.9 Å². The number of nitrogens with one attached hydrogen (secondary N) is 1. The van der Waals surface area contributed by atoms with Crippen LogP contribution < -0.4 is 11.1 Å². The van der Waals surface area contributed by atoms with E-state index < -0.39 is 0 Å². The third-order valence-electron chi connectivity index (χ3n) is 3.83. The third-order valence-corrected chi connectivity index (χ3v) is 3.83.